The molecule has 0 aliphatic heterocycles. The average molecular weight is 201 g/mol. The van der Waals surface area contributed by atoms with Crippen LogP contribution in [0.2, 0.25) is 0 Å². The van der Waals surface area contributed by atoms with Crippen LogP contribution >= 0.6 is 0 Å². The molecule has 0 aromatic carbocycles. The largest absolute Gasteiger partial charge is 0.355 e. The third-order valence-electron chi connectivity index (χ3n) is 2.15. The highest BCUT2D eigenvalue weighted by Crippen LogP contribution is 2.03. The molecule has 0 saturated carbocycles. The van der Waals surface area contributed by atoms with E-state index in [1.165, 1.54) is 0 Å². The second-order valence-electron chi connectivity index (χ2n) is 3.93. The van der Waals surface area contributed by atoms with Gasteiger partial charge in [0, 0.05) is 19.0 Å². The van der Waals surface area contributed by atoms with E-state index in [-0.39, 0.29) is 11.8 Å². The molecule has 1 atom stereocenters. The van der Waals surface area contributed by atoms with E-state index in [2.05, 4.69) is 5.32 Å². The number of hydrogen-bond acceptors (Lipinski definition) is 3. The molecule has 0 aliphatic rings. The van der Waals surface area contributed by atoms with Gasteiger partial charge in [-0.1, -0.05) is 6.92 Å². The van der Waals surface area contributed by atoms with E-state index in [4.69, 9.17) is 5.73 Å². The van der Waals surface area contributed by atoms with Crippen LogP contribution in [0.5, 0.6) is 0 Å². The molecular weight excluding hydrogens is 178 g/mol. The lowest BCUT2D eigenvalue weighted by molar-refractivity contribution is -0.124. The fourth-order valence-corrected chi connectivity index (χ4v) is 1.13. The zero-order valence-corrected chi connectivity index (χ0v) is 9.55. The third-order valence-corrected chi connectivity index (χ3v) is 2.15. The maximum absolute atomic E-state index is 11.5. The lowest BCUT2D eigenvalue weighted by Gasteiger charge is -2.13. The van der Waals surface area contributed by atoms with Crippen molar-refractivity contribution in [2.24, 2.45) is 11.7 Å². The van der Waals surface area contributed by atoms with Crippen molar-refractivity contribution in [1.82, 2.24) is 10.2 Å². The van der Waals surface area contributed by atoms with Gasteiger partial charge in [-0.2, -0.15) is 0 Å². The van der Waals surface area contributed by atoms with E-state index in [1.54, 1.807) is 0 Å². The third kappa shape index (κ3) is 6.86. The molecule has 0 bridgehead atoms. The van der Waals surface area contributed by atoms with Crippen molar-refractivity contribution in [3.63, 3.8) is 0 Å². The van der Waals surface area contributed by atoms with Gasteiger partial charge in [-0.05, 0) is 33.5 Å². The predicted molar refractivity (Wildman–Crippen MR) is 59.0 cm³/mol. The average Bonchev–Trinajstić information content (AvgIpc) is 2.13. The van der Waals surface area contributed by atoms with E-state index < -0.39 is 0 Å². The molecule has 0 heterocycles. The fraction of sp³-hybridized carbons (Fsp3) is 0.900. The lowest BCUT2D eigenvalue weighted by atomic mass is 10.1. The summed E-state index contributed by atoms with van der Waals surface area (Å²) in [4.78, 5) is 13.5. The van der Waals surface area contributed by atoms with Gasteiger partial charge < -0.3 is 16.0 Å². The number of nitrogens with one attached hydrogen (secondary N) is 1. The van der Waals surface area contributed by atoms with Crippen LogP contribution in [0, 0.1) is 5.92 Å². The van der Waals surface area contributed by atoms with E-state index in [0.717, 1.165) is 25.9 Å². The number of carbonyl (C=O) groups is 1. The Bertz CT molecular complexity index is 159. The Balaban J connectivity index is 3.52. The summed E-state index contributed by atoms with van der Waals surface area (Å²) >= 11 is 0. The monoisotopic (exact) mass is 201 g/mol. The first-order valence-electron chi connectivity index (χ1n) is 5.20. The Kier molecular flexibility index (Phi) is 7.42. The molecule has 1 unspecified atom stereocenters. The fourth-order valence-electron chi connectivity index (χ4n) is 1.13. The Morgan fingerprint density at radius 1 is 1.50 bits per heavy atom. The summed E-state index contributed by atoms with van der Waals surface area (Å²) in [6, 6.07) is 0. The standard InChI is InChI=1S/C10H23N3O/c1-9(5-4-6-11)10(14)12-7-8-13(2)3/h9H,4-8,11H2,1-3H3,(H,12,14). The van der Waals surface area contributed by atoms with Gasteiger partial charge in [0.2, 0.25) is 5.91 Å². The van der Waals surface area contributed by atoms with Crippen LogP contribution in [0.25, 0.3) is 0 Å². The molecule has 0 aliphatic carbocycles. The minimum absolute atomic E-state index is 0.0840. The van der Waals surface area contributed by atoms with Crippen LogP contribution in [0.15, 0.2) is 0 Å². The van der Waals surface area contributed by atoms with Crippen LogP contribution in [0.4, 0.5) is 0 Å². The zero-order valence-electron chi connectivity index (χ0n) is 9.55. The summed E-state index contributed by atoms with van der Waals surface area (Å²) in [6.45, 7) is 4.21. The maximum atomic E-state index is 11.5. The van der Waals surface area contributed by atoms with Crippen LogP contribution in [0.1, 0.15) is 19.8 Å². The van der Waals surface area contributed by atoms with Crippen molar-refractivity contribution in [2.45, 2.75) is 19.8 Å². The Morgan fingerprint density at radius 2 is 2.14 bits per heavy atom. The Hall–Kier alpha value is -0.610. The van der Waals surface area contributed by atoms with Gasteiger partial charge in [0.05, 0.1) is 0 Å². The van der Waals surface area contributed by atoms with Gasteiger partial charge in [0.15, 0.2) is 0 Å². The van der Waals surface area contributed by atoms with Crippen molar-refractivity contribution >= 4 is 5.91 Å². The minimum Gasteiger partial charge on any atom is -0.355 e. The van der Waals surface area contributed by atoms with Crippen molar-refractivity contribution in [3.05, 3.63) is 0 Å². The summed E-state index contributed by atoms with van der Waals surface area (Å²) in [7, 11) is 3.98. The van der Waals surface area contributed by atoms with Crippen molar-refractivity contribution in [2.75, 3.05) is 33.7 Å². The van der Waals surface area contributed by atoms with Gasteiger partial charge >= 0.3 is 0 Å². The second-order valence-corrected chi connectivity index (χ2v) is 3.93. The molecule has 84 valence electrons. The summed E-state index contributed by atoms with van der Waals surface area (Å²) in [6.07, 6.45) is 1.80. The molecule has 0 rings (SSSR count). The number of nitrogens with two attached hydrogens (primary N) is 1. The highest BCUT2D eigenvalue weighted by molar-refractivity contribution is 5.78. The normalized spacial score (nSPS) is 12.9. The second kappa shape index (κ2) is 7.76. The zero-order chi connectivity index (χ0) is 11.0. The first-order valence-corrected chi connectivity index (χ1v) is 5.20. The number of likely N-dealkylation sites (N-methyl/N-ethyl adjacent to an activating group) is 1. The molecule has 4 nitrogen and oxygen atoms in total. The van der Waals surface area contributed by atoms with Crippen LogP contribution in [-0.2, 0) is 4.79 Å². The smallest absolute Gasteiger partial charge is 0.222 e. The molecular formula is C10H23N3O. The molecule has 0 aromatic rings. The van der Waals surface area contributed by atoms with Gasteiger partial charge in [0.25, 0.3) is 0 Å². The Morgan fingerprint density at radius 3 is 2.64 bits per heavy atom. The van der Waals surface area contributed by atoms with Gasteiger partial charge in [-0.3, -0.25) is 4.79 Å². The molecule has 14 heavy (non-hydrogen) atoms. The number of nitrogens with zero attached hydrogens (tertiary/aromatic N) is 1. The van der Waals surface area contributed by atoms with E-state index in [1.807, 2.05) is 25.9 Å². The van der Waals surface area contributed by atoms with Crippen LogP contribution < -0.4 is 11.1 Å². The molecule has 0 spiro atoms. The van der Waals surface area contributed by atoms with Crippen molar-refractivity contribution in [1.29, 1.82) is 0 Å². The number of rotatable bonds is 7. The quantitative estimate of drug-likeness (QED) is 0.611. The predicted octanol–water partition coefficient (Wildman–Crippen LogP) is 0.0392. The van der Waals surface area contributed by atoms with Gasteiger partial charge in [-0.25, -0.2) is 0 Å². The van der Waals surface area contributed by atoms with Crippen molar-refractivity contribution in [3.8, 4) is 0 Å². The van der Waals surface area contributed by atoms with Gasteiger partial charge in [-0.15, -0.1) is 0 Å². The summed E-state index contributed by atoms with van der Waals surface area (Å²) in [5.74, 6) is 0.223. The van der Waals surface area contributed by atoms with E-state index in [9.17, 15) is 4.79 Å². The van der Waals surface area contributed by atoms with E-state index >= 15 is 0 Å². The SMILES string of the molecule is CC(CCCN)C(=O)NCCN(C)C. The highest BCUT2D eigenvalue weighted by Gasteiger charge is 2.10. The summed E-state index contributed by atoms with van der Waals surface area (Å²) in [5, 5.41) is 2.90. The molecule has 4 heteroatoms. The van der Waals surface area contributed by atoms with Crippen molar-refractivity contribution < 1.29 is 4.79 Å². The summed E-state index contributed by atoms with van der Waals surface area (Å²) < 4.78 is 0. The maximum Gasteiger partial charge on any atom is 0.222 e. The highest BCUT2D eigenvalue weighted by atomic mass is 16.1. The Labute approximate surface area is 86.8 Å². The topological polar surface area (TPSA) is 58.4 Å². The van der Waals surface area contributed by atoms with E-state index in [0.29, 0.717) is 6.54 Å². The summed E-state index contributed by atoms with van der Waals surface area (Å²) in [5.41, 5.74) is 5.38. The molecule has 3 N–H and O–H groups in total. The molecule has 0 radical (unpaired) electrons. The number of amides is 1. The molecule has 1 amide bonds. The van der Waals surface area contributed by atoms with Gasteiger partial charge in [0.1, 0.15) is 0 Å². The van der Waals surface area contributed by atoms with Crippen LogP contribution in [-0.4, -0.2) is 44.5 Å². The first-order chi connectivity index (χ1) is 6.57. The lowest BCUT2D eigenvalue weighted by Crippen LogP contribution is -2.34. The van der Waals surface area contributed by atoms with Crippen LogP contribution in [0.3, 0.4) is 0 Å². The molecule has 0 aromatic heterocycles. The number of carbonyl (C=O) groups excluding carboxylic acids is 1. The number of hydrogen-bond donors (Lipinski definition) is 2. The molecule has 0 fully saturated rings. The molecule has 0 saturated heterocycles. The minimum atomic E-state index is 0.0840. The first kappa shape index (κ1) is 13.4.